The Bertz CT molecular complexity index is 910. The van der Waals surface area contributed by atoms with Crippen molar-refractivity contribution in [1.82, 2.24) is 0 Å². The molecule has 0 atom stereocenters. The summed E-state index contributed by atoms with van der Waals surface area (Å²) in [5, 5.41) is 11.0. The molecule has 3 aromatic rings. The van der Waals surface area contributed by atoms with Gasteiger partial charge in [-0.3, -0.25) is 4.99 Å². The summed E-state index contributed by atoms with van der Waals surface area (Å²) in [5.41, 5.74) is 5.07. The van der Waals surface area contributed by atoms with Crippen molar-refractivity contribution >= 4 is 11.9 Å². The molecule has 1 fully saturated rings. The second-order valence-electron chi connectivity index (χ2n) is 7.30. The van der Waals surface area contributed by atoms with Crippen molar-refractivity contribution in [2.24, 2.45) is 4.99 Å². The highest BCUT2D eigenvalue weighted by molar-refractivity contribution is 5.88. The molecule has 0 aliphatic heterocycles. The smallest absolute Gasteiger partial charge is 0.127 e. The van der Waals surface area contributed by atoms with Crippen molar-refractivity contribution in [3.63, 3.8) is 0 Å². The lowest BCUT2D eigenvalue weighted by atomic mass is 9.82. The molecule has 136 valence electrons. The minimum Gasteiger partial charge on any atom is -0.507 e. The van der Waals surface area contributed by atoms with Gasteiger partial charge in [-0.2, -0.15) is 0 Å². The predicted molar refractivity (Wildman–Crippen MR) is 113 cm³/mol. The molecule has 27 heavy (non-hydrogen) atoms. The molecular formula is C25H25NO. The SMILES string of the molecule is Oc1c(C=Nc2ccccc2)cc(-c2ccccc2)cc1C1CCCCC1. The number of hydrogen-bond acceptors (Lipinski definition) is 2. The van der Waals surface area contributed by atoms with Crippen LogP contribution in [0.2, 0.25) is 0 Å². The van der Waals surface area contributed by atoms with Gasteiger partial charge >= 0.3 is 0 Å². The summed E-state index contributed by atoms with van der Waals surface area (Å²) in [7, 11) is 0. The van der Waals surface area contributed by atoms with Gasteiger partial charge in [0.15, 0.2) is 0 Å². The highest BCUT2D eigenvalue weighted by atomic mass is 16.3. The first kappa shape index (κ1) is 17.5. The first-order chi connectivity index (χ1) is 13.3. The lowest BCUT2D eigenvalue weighted by molar-refractivity contribution is 0.414. The zero-order valence-electron chi connectivity index (χ0n) is 15.5. The molecule has 0 amide bonds. The number of phenolic OH excluding ortho intramolecular Hbond substituents is 1. The van der Waals surface area contributed by atoms with Gasteiger partial charge in [-0.15, -0.1) is 0 Å². The van der Waals surface area contributed by atoms with E-state index in [1.165, 1.54) is 24.8 Å². The number of rotatable bonds is 4. The molecular weight excluding hydrogens is 330 g/mol. The first-order valence-electron chi connectivity index (χ1n) is 9.83. The Kier molecular flexibility index (Phi) is 5.34. The van der Waals surface area contributed by atoms with Gasteiger partial charge in [0.1, 0.15) is 5.75 Å². The number of nitrogens with zero attached hydrogens (tertiary/aromatic N) is 1. The topological polar surface area (TPSA) is 32.6 Å². The first-order valence-corrected chi connectivity index (χ1v) is 9.83. The molecule has 0 unspecified atom stereocenters. The Labute approximate surface area is 161 Å². The molecule has 3 aromatic carbocycles. The molecule has 0 saturated heterocycles. The van der Waals surface area contributed by atoms with Gasteiger partial charge in [0.25, 0.3) is 0 Å². The summed E-state index contributed by atoms with van der Waals surface area (Å²) in [6.07, 6.45) is 7.89. The quantitative estimate of drug-likeness (QED) is 0.510. The van der Waals surface area contributed by atoms with Gasteiger partial charge in [-0.1, -0.05) is 67.8 Å². The number of hydrogen-bond donors (Lipinski definition) is 1. The minimum absolute atomic E-state index is 0.390. The van der Waals surface area contributed by atoms with E-state index in [4.69, 9.17) is 0 Å². The summed E-state index contributed by atoms with van der Waals surface area (Å²) in [6, 6.07) is 24.5. The predicted octanol–water partition coefficient (Wildman–Crippen LogP) is 6.86. The van der Waals surface area contributed by atoms with Crippen LogP contribution in [0.3, 0.4) is 0 Å². The maximum absolute atomic E-state index is 11.0. The average molecular weight is 355 g/mol. The van der Waals surface area contributed by atoms with Gasteiger partial charge in [0.05, 0.1) is 5.69 Å². The fourth-order valence-electron chi connectivity index (χ4n) is 3.96. The molecule has 1 N–H and O–H groups in total. The van der Waals surface area contributed by atoms with E-state index in [1.54, 1.807) is 6.21 Å². The molecule has 0 spiro atoms. The van der Waals surface area contributed by atoms with Crippen LogP contribution in [0.4, 0.5) is 5.69 Å². The lowest BCUT2D eigenvalue weighted by Gasteiger charge is -2.24. The van der Waals surface area contributed by atoms with Crippen LogP contribution < -0.4 is 0 Å². The van der Waals surface area contributed by atoms with E-state index < -0.39 is 0 Å². The highest BCUT2D eigenvalue weighted by Crippen LogP contribution is 2.40. The molecule has 1 saturated carbocycles. The molecule has 1 aliphatic carbocycles. The molecule has 4 rings (SSSR count). The Morgan fingerprint density at radius 3 is 2.15 bits per heavy atom. The fraction of sp³-hybridized carbons (Fsp3) is 0.240. The van der Waals surface area contributed by atoms with Gasteiger partial charge in [0.2, 0.25) is 0 Å². The number of aromatic hydroxyl groups is 1. The number of aliphatic imine (C=N–C) groups is 1. The van der Waals surface area contributed by atoms with Gasteiger partial charge in [0, 0.05) is 11.8 Å². The van der Waals surface area contributed by atoms with E-state index in [1.807, 2.05) is 42.5 Å². The molecule has 0 heterocycles. The van der Waals surface area contributed by atoms with Crippen LogP contribution in [0.25, 0.3) is 11.1 Å². The van der Waals surface area contributed by atoms with Crippen LogP contribution in [0.5, 0.6) is 5.75 Å². The number of benzene rings is 3. The van der Waals surface area contributed by atoms with Gasteiger partial charge in [-0.05, 0) is 59.7 Å². The zero-order chi connectivity index (χ0) is 18.5. The van der Waals surface area contributed by atoms with Crippen LogP contribution in [0, 0.1) is 0 Å². The summed E-state index contributed by atoms with van der Waals surface area (Å²) >= 11 is 0. The van der Waals surface area contributed by atoms with E-state index in [0.717, 1.165) is 35.2 Å². The third kappa shape index (κ3) is 4.11. The Hall–Kier alpha value is -2.87. The van der Waals surface area contributed by atoms with E-state index in [0.29, 0.717) is 11.7 Å². The molecule has 0 radical (unpaired) electrons. The second kappa shape index (κ2) is 8.22. The lowest BCUT2D eigenvalue weighted by Crippen LogP contribution is -2.06. The van der Waals surface area contributed by atoms with Crippen LogP contribution in [0.1, 0.15) is 49.1 Å². The van der Waals surface area contributed by atoms with E-state index in [-0.39, 0.29) is 0 Å². The molecule has 0 aromatic heterocycles. The maximum Gasteiger partial charge on any atom is 0.127 e. The van der Waals surface area contributed by atoms with E-state index >= 15 is 0 Å². The van der Waals surface area contributed by atoms with Crippen LogP contribution in [-0.4, -0.2) is 11.3 Å². The van der Waals surface area contributed by atoms with Gasteiger partial charge < -0.3 is 5.11 Å². The van der Waals surface area contributed by atoms with Crippen molar-refractivity contribution in [1.29, 1.82) is 0 Å². The number of phenols is 1. The van der Waals surface area contributed by atoms with Crippen molar-refractivity contribution < 1.29 is 5.11 Å². The monoisotopic (exact) mass is 355 g/mol. The summed E-state index contributed by atoms with van der Waals surface area (Å²) in [5.74, 6) is 0.826. The maximum atomic E-state index is 11.0. The summed E-state index contributed by atoms with van der Waals surface area (Å²) in [4.78, 5) is 4.57. The van der Waals surface area contributed by atoms with Gasteiger partial charge in [-0.25, -0.2) is 0 Å². The zero-order valence-corrected chi connectivity index (χ0v) is 15.5. The Morgan fingerprint density at radius 2 is 1.44 bits per heavy atom. The van der Waals surface area contributed by atoms with Crippen molar-refractivity contribution in [2.75, 3.05) is 0 Å². The molecule has 2 nitrogen and oxygen atoms in total. The highest BCUT2D eigenvalue weighted by Gasteiger charge is 2.21. The fourth-order valence-corrected chi connectivity index (χ4v) is 3.96. The standard InChI is InChI=1S/C25H25NO/c27-25-22(18-26-23-14-8-3-9-15-23)16-21(19-10-4-1-5-11-19)17-24(25)20-12-6-2-7-13-20/h1,3-5,8-11,14-18,20,27H,2,6-7,12-13H2. The van der Waals surface area contributed by atoms with Crippen LogP contribution in [-0.2, 0) is 0 Å². The minimum atomic E-state index is 0.390. The summed E-state index contributed by atoms with van der Waals surface area (Å²) < 4.78 is 0. The Morgan fingerprint density at radius 1 is 0.778 bits per heavy atom. The van der Waals surface area contributed by atoms with Crippen molar-refractivity contribution in [3.05, 3.63) is 83.9 Å². The third-order valence-corrected chi connectivity index (χ3v) is 5.43. The molecule has 0 bridgehead atoms. The van der Waals surface area contributed by atoms with Crippen molar-refractivity contribution in [3.8, 4) is 16.9 Å². The van der Waals surface area contributed by atoms with E-state index in [2.05, 4.69) is 35.3 Å². The third-order valence-electron chi connectivity index (χ3n) is 5.43. The van der Waals surface area contributed by atoms with E-state index in [9.17, 15) is 5.11 Å². The normalized spacial score (nSPS) is 15.3. The molecule has 1 aliphatic rings. The summed E-state index contributed by atoms with van der Waals surface area (Å²) in [6.45, 7) is 0. The van der Waals surface area contributed by atoms with Crippen molar-refractivity contribution in [2.45, 2.75) is 38.0 Å². The Balaban J connectivity index is 1.77. The average Bonchev–Trinajstić information content (AvgIpc) is 2.75. The second-order valence-corrected chi connectivity index (χ2v) is 7.30. The molecule has 2 heteroatoms. The van der Waals surface area contributed by atoms with Crippen LogP contribution >= 0.6 is 0 Å². The largest absolute Gasteiger partial charge is 0.507 e. The van der Waals surface area contributed by atoms with Crippen LogP contribution in [0.15, 0.2) is 77.8 Å². The number of para-hydroxylation sites is 1.